The van der Waals surface area contributed by atoms with Crippen molar-refractivity contribution in [2.24, 2.45) is 7.05 Å². The molecule has 114 valence electrons. The van der Waals surface area contributed by atoms with Crippen molar-refractivity contribution >= 4 is 5.52 Å². The molecule has 1 atom stereocenters. The zero-order chi connectivity index (χ0) is 14.9. The largest absolute Gasteiger partial charge is 0.367 e. The average Bonchev–Trinajstić information content (AvgIpc) is 3.17. The third-order valence-electron chi connectivity index (χ3n) is 3.98. The fourth-order valence-electron chi connectivity index (χ4n) is 2.87. The van der Waals surface area contributed by atoms with Crippen LogP contribution in [-0.2, 0) is 18.3 Å². The first kappa shape index (κ1) is 13.4. The number of aromatic nitrogens is 6. The van der Waals surface area contributed by atoms with E-state index in [1.165, 1.54) is 5.69 Å². The number of aryl methyl sites for hydroxylation is 1. The smallest absolute Gasteiger partial charge is 0.181 e. The van der Waals surface area contributed by atoms with Gasteiger partial charge in [0, 0.05) is 32.9 Å². The highest BCUT2D eigenvalue weighted by molar-refractivity contribution is 5.46. The summed E-state index contributed by atoms with van der Waals surface area (Å²) >= 11 is 0. The van der Waals surface area contributed by atoms with Crippen LogP contribution in [0.3, 0.4) is 0 Å². The number of hydrogen-bond acceptors (Lipinski definition) is 6. The van der Waals surface area contributed by atoms with Gasteiger partial charge in [0.2, 0.25) is 0 Å². The van der Waals surface area contributed by atoms with Crippen molar-refractivity contribution in [1.29, 1.82) is 0 Å². The van der Waals surface area contributed by atoms with E-state index in [9.17, 15) is 0 Å². The maximum Gasteiger partial charge on any atom is 0.181 e. The molecule has 0 spiro atoms. The lowest BCUT2D eigenvalue weighted by Gasteiger charge is -2.32. The minimum Gasteiger partial charge on any atom is -0.367 e. The molecule has 0 aliphatic carbocycles. The summed E-state index contributed by atoms with van der Waals surface area (Å²) in [7, 11) is 1.84. The zero-order valence-electron chi connectivity index (χ0n) is 12.3. The molecule has 0 radical (unpaired) electrons. The summed E-state index contributed by atoms with van der Waals surface area (Å²) in [5.41, 5.74) is 2.28. The van der Waals surface area contributed by atoms with E-state index in [1.807, 2.05) is 23.8 Å². The molecular weight excluding hydrogens is 282 g/mol. The van der Waals surface area contributed by atoms with E-state index >= 15 is 0 Å². The monoisotopic (exact) mass is 299 g/mol. The van der Waals surface area contributed by atoms with Crippen LogP contribution >= 0.6 is 0 Å². The van der Waals surface area contributed by atoms with Gasteiger partial charge in [0.25, 0.3) is 0 Å². The second kappa shape index (κ2) is 5.47. The number of hydrogen-bond donors (Lipinski definition) is 0. The highest BCUT2D eigenvalue weighted by atomic mass is 16.5. The molecule has 3 aromatic rings. The summed E-state index contributed by atoms with van der Waals surface area (Å²) in [4.78, 5) is 2.35. The Morgan fingerprint density at radius 1 is 1.32 bits per heavy atom. The van der Waals surface area contributed by atoms with Crippen molar-refractivity contribution in [3.63, 3.8) is 0 Å². The lowest BCUT2D eigenvalue weighted by Crippen LogP contribution is -2.39. The number of pyridine rings is 1. The van der Waals surface area contributed by atoms with Gasteiger partial charge in [-0.3, -0.25) is 4.90 Å². The van der Waals surface area contributed by atoms with Crippen LogP contribution in [0.2, 0.25) is 0 Å². The fourth-order valence-corrected chi connectivity index (χ4v) is 2.87. The number of ether oxygens (including phenoxy) is 1. The molecule has 0 N–H and O–H groups in total. The van der Waals surface area contributed by atoms with Gasteiger partial charge in [0.1, 0.15) is 6.10 Å². The van der Waals surface area contributed by atoms with E-state index in [4.69, 9.17) is 4.74 Å². The topological polar surface area (TPSA) is 73.4 Å². The molecule has 0 aromatic carbocycles. The Morgan fingerprint density at radius 3 is 3.14 bits per heavy atom. The van der Waals surface area contributed by atoms with Gasteiger partial charge in [0.05, 0.1) is 17.8 Å². The summed E-state index contributed by atoms with van der Waals surface area (Å²) in [5.74, 6) is 0.766. The van der Waals surface area contributed by atoms with Crippen LogP contribution in [0.4, 0.5) is 0 Å². The SMILES string of the molecule is Cn1nnnc1C1CN(Cc2cccc3ccnn23)CCO1. The first-order chi connectivity index (χ1) is 10.8. The molecule has 1 aliphatic heterocycles. The molecule has 0 saturated carbocycles. The minimum absolute atomic E-state index is 0.0921. The predicted molar refractivity (Wildman–Crippen MR) is 78.0 cm³/mol. The van der Waals surface area contributed by atoms with Crippen LogP contribution in [-0.4, -0.2) is 54.4 Å². The molecule has 1 fully saturated rings. The van der Waals surface area contributed by atoms with Crippen LogP contribution in [0.25, 0.3) is 5.52 Å². The van der Waals surface area contributed by atoms with E-state index < -0.39 is 0 Å². The van der Waals surface area contributed by atoms with E-state index in [-0.39, 0.29) is 6.10 Å². The highest BCUT2D eigenvalue weighted by Gasteiger charge is 2.26. The van der Waals surface area contributed by atoms with Gasteiger partial charge in [-0.1, -0.05) is 6.07 Å². The van der Waals surface area contributed by atoms with Crippen molar-refractivity contribution in [3.05, 3.63) is 42.0 Å². The second-order valence-electron chi connectivity index (χ2n) is 5.44. The van der Waals surface area contributed by atoms with Crippen molar-refractivity contribution in [2.75, 3.05) is 19.7 Å². The molecule has 0 bridgehead atoms. The maximum absolute atomic E-state index is 5.82. The zero-order valence-corrected chi connectivity index (χ0v) is 12.3. The third-order valence-corrected chi connectivity index (χ3v) is 3.98. The van der Waals surface area contributed by atoms with Crippen LogP contribution in [0.1, 0.15) is 17.6 Å². The Kier molecular flexibility index (Phi) is 3.32. The molecule has 0 amide bonds. The molecule has 1 aliphatic rings. The molecule has 4 rings (SSSR count). The van der Waals surface area contributed by atoms with E-state index in [2.05, 4.69) is 43.7 Å². The summed E-state index contributed by atoms with van der Waals surface area (Å²) in [6.07, 6.45) is 1.73. The van der Waals surface area contributed by atoms with Crippen molar-refractivity contribution in [3.8, 4) is 0 Å². The van der Waals surface area contributed by atoms with Gasteiger partial charge in [-0.2, -0.15) is 5.10 Å². The minimum atomic E-state index is -0.0921. The van der Waals surface area contributed by atoms with Gasteiger partial charge in [-0.15, -0.1) is 5.10 Å². The molecular formula is C14H17N7O. The van der Waals surface area contributed by atoms with Gasteiger partial charge >= 0.3 is 0 Å². The Hall–Kier alpha value is -2.32. The molecule has 22 heavy (non-hydrogen) atoms. The highest BCUT2D eigenvalue weighted by Crippen LogP contribution is 2.21. The lowest BCUT2D eigenvalue weighted by molar-refractivity contribution is -0.0393. The summed E-state index contributed by atoms with van der Waals surface area (Å²) in [6, 6.07) is 8.24. The van der Waals surface area contributed by atoms with Crippen LogP contribution in [0.15, 0.2) is 30.5 Å². The normalized spacial score (nSPS) is 19.8. The molecule has 8 nitrogen and oxygen atoms in total. The number of rotatable bonds is 3. The van der Waals surface area contributed by atoms with Crippen molar-refractivity contribution in [1.82, 2.24) is 34.7 Å². The van der Waals surface area contributed by atoms with E-state index in [0.29, 0.717) is 6.61 Å². The molecule has 4 heterocycles. The molecule has 1 unspecified atom stereocenters. The van der Waals surface area contributed by atoms with Gasteiger partial charge in [-0.05, 0) is 28.6 Å². The summed E-state index contributed by atoms with van der Waals surface area (Å²) < 4.78 is 9.47. The molecule has 1 saturated heterocycles. The van der Waals surface area contributed by atoms with Crippen LogP contribution in [0.5, 0.6) is 0 Å². The summed E-state index contributed by atoms with van der Waals surface area (Å²) in [6.45, 7) is 3.15. The van der Waals surface area contributed by atoms with Crippen LogP contribution < -0.4 is 0 Å². The number of morpholine rings is 1. The number of tetrazole rings is 1. The predicted octanol–water partition coefficient (Wildman–Crippen LogP) is 0.431. The lowest BCUT2D eigenvalue weighted by atomic mass is 10.2. The van der Waals surface area contributed by atoms with Gasteiger partial charge in [-0.25, -0.2) is 9.20 Å². The van der Waals surface area contributed by atoms with Crippen LogP contribution in [0, 0.1) is 0 Å². The van der Waals surface area contributed by atoms with Gasteiger partial charge < -0.3 is 4.74 Å². The first-order valence-corrected chi connectivity index (χ1v) is 7.29. The standard InChI is InChI=1S/C14H17N7O/c1-19-14(16-17-18-19)13-10-20(7-8-22-13)9-12-4-2-3-11-5-6-15-21(11)12/h2-6,13H,7-10H2,1H3. The quantitative estimate of drug-likeness (QED) is 0.698. The molecule has 8 heteroatoms. The van der Waals surface area contributed by atoms with Crippen molar-refractivity contribution in [2.45, 2.75) is 12.6 Å². The Morgan fingerprint density at radius 2 is 2.27 bits per heavy atom. The Bertz CT molecular complexity index is 780. The fraction of sp³-hybridized carbons (Fsp3) is 0.429. The number of nitrogens with zero attached hydrogens (tertiary/aromatic N) is 7. The number of fused-ring (bicyclic) bond motifs is 1. The maximum atomic E-state index is 5.82. The van der Waals surface area contributed by atoms with E-state index in [0.717, 1.165) is 31.0 Å². The van der Waals surface area contributed by atoms with Gasteiger partial charge in [0.15, 0.2) is 5.82 Å². The van der Waals surface area contributed by atoms with Crippen molar-refractivity contribution < 1.29 is 4.74 Å². The second-order valence-corrected chi connectivity index (χ2v) is 5.44. The Balaban J connectivity index is 1.53. The van der Waals surface area contributed by atoms with E-state index in [1.54, 1.807) is 4.68 Å². The average molecular weight is 299 g/mol. The summed E-state index contributed by atoms with van der Waals surface area (Å²) in [5, 5.41) is 16.0. The third kappa shape index (κ3) is 2.36. The first-order valence-electron chi connectivity index (χ1n) is 7.29. The Labute approximate surface area is 127 Å². The molecule has 3 aromatic heterocycles.